The average Bonchev–Trinajstić information content (AvgIpc) is 3.16. The molecular formula is C22H28N4O. The SMILES string of the molecule is NC(=NCc1ccc(CN2CCOCC2)cc1)Nc1ccc2c(c1)CCC2. The average molecular weight is 364 g/mol. The molecule has 1 aliphatic carbocycles. The van der Waals surface area contributed by atoms with Gasteiger partial charge in [0.05, 0.1) is 19.8 Å². The van der Waals surface area contributed by atoms with Crippen molar-refractivity contribution in [2.75, 3.05) is 31.6 Å². The van der Waals surface area contributed by atoms with E-state index in [1.165, 1.54) is 41.5 Å². The number of rotatable bonds is 5. The maximum absolute atomic E-state index is 6.07. The van der Waals surface area contributed by atoms with E-state index < -0.39 is 0 Å². The van der Waals surface area contributed by atoms with Gasteiger partial charge in [-0.25, -0.2) is 4.99 Å². The molecule has 0 bridgehead atoms. The van der Waals surface area contributed by atoms with Gasteiger partial charge in [0.15, 0.2) is 5.96 Å². The van der Waals surface area contributed by atoms with Crippen LogP contribution in [0.4, 0.5) is 5.69 Å². The fraction of sp³-hybridized carbons (Fsp3) is 0.409. The molecule has 27 heavy (non-hydrogen) atoms. The highest BCUT2D eigenvalue weighted by Crippen LogP contribution is 2.24. The lowest BCUT2D eigenvalue weighted by Gasteiger charge is -2.26. The number of aliphatic imine (C=N–C) groups is 1. The molecule has 0 unspecified atom stereocenters. The van der Waals surface area contributed by atoms with Crippen molar-refractivity contribution in [3.05, 3.63) is 64.7 Å². The fourth-order valence-corrected chi connectivity index (χ4v) is 3.78. The second-order valence-electron chi connectivity index (χ2n) is 7.37. The van der Waals surface area contributed by atoms with Crippen molar-refractivity contribution in [2.45, 2.75) is 32.4 Å². The zero-order valence-corrected chi connectivity index (χ0v) is 15.8. The smallest absolute Gasteiger partial charge is 0.193 e. The first-order valence-corrected chi connectivity index (χ1v) is 9.83. The Morgan fingerprint density at radius 2 is 1.74 bits per heavy atom. The number of fused-ring (bicyclic) bond motifs is 1. The molecule has 5 nitrogen and oxygen atoms in total. The van der Waals surface area contributed by atoms with Gasteiger partial charge >= 0.3 is 0 Å². The number of aryl methyl sites for hydroxylation is 2. The Bertz CT molecular complexity index is 794. The first kappa shape index (κ1) is 18.0. The zero-order valence-electron chi connectivity index (χ0n) is 15.8. The van der Waals surface area contributed by atoms with Crippen LogP contribution in [0.2, 0.25) is 0 Å². The summed E-state index contributed by atoms with van der Waals surface area (Å²) in [5.74, 6) is 0.463. The minimum Gasteiger partial charge on any atom is -0.379 e. The van der Waals surface area contributed by atoms with Crippen molar-refractivity contribution in [3.63, 3.8) is 0 Å². The highest BCUT2D eigenvalue weighted by Gasteiger charge is 2.11. The summed E-state index contributed by atoms with van der Waals surface area (Å²) in [5, 5.41) is 3.22. The van der Waals surface area contributed by atoms with Crippen molar-refractivity contribution in [2.24, 2.45) is 10.7 Å². The predicted molar refractivity (Wildman–Crippen MR) is 110 cm³/mol. The molecule has 0 saturated carbocycles. The molecule has 1 fully saturated rings. The quantitative estimate of drug-likeness (QED) is 0.632. The largest absolute Gasteiger partial charge is 0.379 e. The molecule has 1 heterocycles. The number of anilines is 1. The number of guanidine groups is 1. The van der Waals surface area contributed by atoms with E-state index in [4.69, 9.17) is 10.5 Å². The van der Waals surface area contributed by atoms with Gasteiger partial charge in [-0.2, -0.15) is 0 Å². The van der Waals surface area contributed by atoms with E-state index in [1.807, 2.05) is 0 Å². The van der Waals surface area contributed by atoms with Crippen LogP contribution >= 0.6 is 0 Å². The maximum Gasteiger partial charge on any atom is 0.193 e. The Kier molecular flexibility index (Phi) is 5.70. The number of hydrogen-bond acceptors (Lipinski definition) is 3. The summed E-state index contributed by atoms with van der Waals surface area (Å²) in [6.07, 6.45) is 3.61. The van der Waals surface area contributed by atoms with Crippen LogP contribution in [-0.4, -0.2) is 37.2 Å². The highest BCUT2D eigenvalue weighted by atomic mass is 16.5. The summed E-state index contributed by atoms with van der Waals surface area (Å²) in [5.41, 5.74) is 12.5. The van der Waals surface area contributed by atoms with Crippen LogP contribution in [-0.2, 0) is 30.7 Å². The third-order valence-electron chi connectivity index (χ3n) is 5.34. The lowest BCUT2D eigenvalue weighted by Crippen LogP contribution is -2.35. The van der Waals surface area contributed by atoms with Crippen LogP contribution in [0, 0.1) is 0 Å². The number of morpholine rings is 1. The van der Waals surface area contributed by atoms with Crippen LogP contribution in [0.25, 0.3) is 0 Å². The van der Waals surface area contributed by atoms with Crippen LogP contribution in [0.1, 0.15) is 28.7 Å². The van der Waals surface area contributed by atoms with Crippen molar-refractivity contribution >= 4 is 11.6 Å². The van der Waals surface area contributed by atoms with Gasteiger partial charge in [0, 0.05) is 25.3 Å². The van der Waals surface area contributed by atoms with E-state index in [0.717, 1.165) is 38.5 Å². The Morgan fingerprint density at radius 3 is 2.56 bits per heavy atom. The molecule has 0 spiro atoms. The van der Waals surface area contributed by atoms with E-state index in [-0.39, 0.29) is 0 Å². The topological polar surface area (TPSA) is 62.9 Å². The summed E-state index contributed by atoms with van der Waals surface area (Å²) < 4.78 is 5.40. The fourth-order valence-electron chi connectivity index (χ4n) is 3.78. The van der Waals surface area contributed by atoms with E-state index in [1.54, 1.807) is 0 Å². The van der Waals surface area contributed by atoms with E-state index >= 15 is 0 Å². The van der Waals surface area contributed by atoms with Crippen molar-refractivity contribution in [1.29, 1.82) is 0 Å². The van der Waals surface area contributed by atoms with Crippen LogP contribution in [0.5, 0.6) is 0 Å². The lowest BCUT2D eigenvalue weighted by atomic mass is 10.1. The molecule has 1 aliphatic heterocycles. The van der Waals surface area contributed by atoms with Crippen molar-refractivity contribution in [3.8, 4) is 0 Å². The van der Waals surface area contributed by atoms with Crippen LogP contribution < -0.4 is 11.1 Å². The molecule has 0 atom stereocenters. The summed E-state index contributed by atoms with van der Waals surface area (Å²) in [6.45, 7) is 5.26. The summed E-state index contributed by atoms with van der Waals surface area (Å²) in [7, 11) is 0. The molecule has 1 saturated heterocycles. The zero-order chi connectivity index (χ0) is 18.5. The van der Waals surface area contributed by atoms with E-state index in [2.05, 4.69) is 57.7 Å². The van der Waals surface area contributed by atoms with Crippen molar-refractivity contribution in [1.82, 2.24) is 4.90 Å². The number of nitrogens with one attached hydrogen (secondary N) is 1. The number of ether oxygens (including phenoxy) is 1. The molecule has 5 heteroatoms. The standard InChI is InChI=1S/C22H28N4O/c23-22(25-21-9-8-19-2-1-3-20(19)14-21)24-15-17-4-6-18(7-5-17)16-26-10-12-27-13-11-26/h4-9,14H,1-3,10-13,15-16H2,(H3,23,24,25). The highest BCUT2D eigenvalue weighted by molar-refractivity contribution is 5.92. The van der Waals surface area contributed by atoms with Crippen molar-refractivity contribution < 1.29 is 4.74 Å². The van der Waals surface area contributed by atoms with Gasteiger partial charge in [-0.1, -0.05) is 30.3 Å². The Balaban J connectivity index is 1.30. The van der Waals surface area contributed by atoms with E-state index in [0.29, 0.717) is 12.5 Å². The molecule has 2 aromatic carbocycles. The second-order valence-corrected chi connectivity index (χ2v) is 7.37. The van der Waals surface area contributed by atoms with Gasteiger partial charge in [0.25, 0.3) is 0 Å². The first-order valence-electron chi connectivity index (χ1n) is 9.83. The molecule has 0 radical (unpaired) electrons. The molecule has 0 amide bonds. The number of hydrogen-bond donors (Lipinski definition) is 2. The van der Waals surface area contributed by atoms with Gasteiger partial charge in [-0.05, 0) is 53.6 Å². The molecular weight excluding hydrogens is 336 g/mol. The number of nitrogens with zero attached hydrogens (tertiary/aromatic N) is 2. The normalized spacial score (nSPS) is 17.7. The summed E-state index contributed by atoms with van der Waals surface area (Å²) in [4.78, 5) is 6.91. The van der Waals surface area contributed by atoms with Gasteiger partial charge in [0.1, 0.15) is 0 Å². The predicted octanol–water partition coefficient (Wildman–Crippen LogP) is 2.93. The van der Waals surface area contributed by atoms with Gasteiger partial charge in [-0.15, -0.1) is 0 Å². The third-order valence-corrected chi connectivity index (χ3v) is 5.34. The Labute approximate surface area is 161 Å². The van der Waals surface area contributed by atoms with Crippen LogP contribution in [0.3, 0.4) is 0 Å². The van der Waals surface area contributed by atoms with Gasteiger partial charge in [-0.3, -0.25) is 4.90 Å². The van der Waals surface area contributed by atoms with E-state index in [9.17, 15) is 0 Å². The second kappa shape index (κ2) is 8.55. The first-order chi connectivity index (χ1) is 13.3. The monoisotopic (exact) mass is 364 g/mol. The summed E-state index contributed by atoms with van der Waals surface area (Å²) in [6, 6.07) is 15.1. The number of benzene rings is 2. The molecule has 4 rings (SSSR count). The molecule has 3 N–H and O–H groups in total. The molecule has 2 aliphatic rings. The Hall–Kier alpha value is -2.37. The third kappa shape index (κ3) is 4.87. The number of nitrogens with two attached hydrogens (primary N) is 1. The lowest BCUT2D eigenvalue weighted by molar-refractivity contribution is 0.0342. The van der Waals surface area contributed by atoms with Gasteiger partial charge < -0.3 is 15.8 Å². The van der Waals surface area contributed by atoms with Gasteiger partial charge in [0.2, 0.25) is 0 Å². The molecule has 2 aromatic rings. The minimum absolute atomic E-state index is 0.463. The van der Waals surface area contributed by atoms with Crippen LogP contribution in [0.15, 0.2) is 47.5 Å². The maximum atomic E-state index is 6.07. The Morgan fingerprint density at radius 1 is 1.00 bits per heavy atom. The minimum atomic E-state index is 0.463. The molecule has 0 aromatic heterocycles. The molecule has 142 valence electrons. The summed E-state index contributed by atoms with van der Waals surface area (Å²) >= 11 is 0.